The highest BCUT2D eigenvalue weighted by atomic mass is 79.9. The van der Waals surface area contributed by atoms with Gasteiger partial charge in [0, 0.05) is 0 Å². The Morgan fingerprint density at radius 2 is 1.38 bits per heavy atom. The zero-order valence-electron chi connectivity index (χ0n) is 5.81. The molecule has 0 nitrogen and oxygen atoms in total. The minimum absolute atomic E-state index is 0. The molecule has 49 valence electrons. The van der Waals surface area contributed by atoms with E-state index < -0.39 is 0 Å². The van der Waals surface area contributed by atoms with Crippen LogP contribution in [0.2, 0.25) is 10.6 Å². The van der Waals surface area contributed by atoms with Gasteiger partial charge in [-0.1, -0.05) is 26.7 Å². The van der Waals surface area contributed by atoms with E-state index in [4.69, 9.17) is 0 Å². The molecule has 0 spiro atoms. The molecule has 0 aliphatic heterocycles. The number of halogens is 1. The van der Waals surface area contributed by atoms with Crippen molar-refractivity contribution in [1.82, 2.24) is 0 Å². The van der Waals surface area contributed by atoms with Crippen LogP contribution in [-0.2, 0) is 0 Å². The maximum absolute atomic E-state index is 2.27. The summed E-state index contributed by atoms with van der Waals surface area (Å²) in [6, 6.07) is 0. The Morgan fingerprint density at radius 3 is 1.62 bits per heavy atom. The van der Waals surface area contributed by atoms with Gasteiger partial charge in [-0.05, 0) is 0 Å². The third kappa shape index (κ3) is 10.1. The van der Waals surface area contributed by atoms with Crippen LogP contribution in [0, 0.1) is 0 Å². The van der Waals surface area contributed by atoms with Crippen LogP contribution in [0.5, 0.6) is 0 Å². The van der Waals surface area contributed by atoms with Crippen molar-refractivity contribution >= 4 is 32.2 Å². The number of hydrogen-bond acceptors (Lipinski definition) is 0. The first-order valence-electron chi connectivity index (χ1n) is 3.23. The predicted octanol–water partition coefficient (Wildman–Crippen LogP) is 2.93. The highest BCUT2D eigenvalue weighted by molar-refractivity contribution is 8.93. The van der Waals surface area contributed by atoms with Gasteiger partial charge in [0.15, 0.2) is 15.2 Å². The molecule has 1 radical (unpaired) electrons. The van der Waals surface area contributed by atoms with Gasteiger partial charge in [-0.2, -0.15) is 0 Å². The monoisotopic (exact) mass is 193 g/mol. The van der Waals surface area contributed by atoms with Crippen LogP contribution in [0.3, 0.4) is 0 Å². The summed E-state index contributed by atoms with van der Waals surface area (Å²) in [7, 11) is 0. The van der Waals surface area contributed by atoms with Gasteiger partial charge in [0.1, 0.15) is 0 Å². The van der Waals surface area contributed by atoms with Crippen LogP contribution >= 0.6 is 17.0 Å². The van der Waals surface area contributed by atoms with Crippen molar-refractivity contribution in [2.75, 3.05) is 0 Å². The lowest BCUT2D eigenvalue weighted by atomic mass is 10.6. The zero-order chi connectivity index (χ0) is 5.54. The highest BCUT2D eigenvalue weighted by Crippen LogP contribution is 1.92. The summed E-state index contributed by atoms with van der Waals surface area (Å²) < 4.78 is 0. The molecule has 0 aromatic heterocycles. The molecule has 0 atom stereocenters. The van der Waals surface area contributed by atoms with E-state index >= 15 is 0 Å². The summed E-state index contributed by atoms with van der Waals surface area (Å²) in [6.07, 6.45) is 2.80. The molecule has 0 aromatic carbocycles. The van der Waals surface area contributed by atoms with E-state index in [1.54, 1.807) is 0 Å². The van der Waals surface area contributed by atoms with Crippen molar-refractivity contribution in [2.24, 2.45) is 0 Å². The lowest BCUT2D eigenvalue weighted by molar-refractivity contribution is 1.02. The average molecular weight is 194 g/mol. The maximum Gasteiger partial charge on any atom is 0.199 e. The summed E-state index contributed by atoms with van der Waals surface area (Å²) >= 11 is 0.822. The molecule has 0 N–H and O–H groups in total. The first-order chi connectivity index (χ1) is 3.41. The molecular formula is C6H15AlBr. The molecule has 8 heavy (non-hydrogen) atoms. The van der Waals surface area contributed by atoms with Gasteiger partial charge in [0.2, 0.25) is 0 Å². The van der Waals surface area contributed by atoms with Gasteiger partial charge in [-0.25, -0.2) is 0 Å². The van der Waals surface area contributed by atoms with Crippen molar-refractivity contribution in [3.05, 3.63) is 0 Å². The van der Waals surface area contributed by atoms with E-state index in [1.807, 2.05) is 0 Å². The van der Waals surface area contributed by atoms with Gasteiger partial charge < -0.3 is 0 Å². The fraction of sp³-hybridized carbons (Fsp3) is 1.00. The van der Waals surface area contributed by atoms with Gasteiger partial charge >= 0.3 is 0 Å². The third-order valence-electron chi connectivity index (χ3n) is 0.986. The first-order valence-corrected chi connectivity index (χ1v) is 4.86. The second-order valence-electron chi connectivity index (χ2n) is 1.87. The summed E-state index contributed by atoms with van der Waals surface area (Å²) in [5, 5.41) is 3.02. The van der Waals surface area contributed by atoms with Crippen molar-refractivity contribution < 1.29 is 0 Å². The zero-order valence-corrected chi connectivity index (χ0v) is 8.68. The molecule has 0 rings (SSSR count). The molecule has 0 saturated carbocycles. The van der Waals surface area contributed by atoms with Crippen LogP contribution in [0.4, 0.5) is 0 Å². The van der Waals surface area contributed by atoms with E-state index in [-0.39, 0.29) is 17.0 Å². The molecule has 0 aliphatic carbocycles. The van der Waals surface area contributed by atoms with E-state index in [1.165, 1.54) is 23.4 Å². The largest absolute Gasteiger partial charge is 0.199 e. The average Bonchev–Trinajstić information content (AvgIpc) is 1.69. The molecule has 2 heteroatoms. The topological polar surface area (TPSA) is 0 Å². The van der Waals surface area contributed by atoms with E-state index in [0.717, 1.165) is 15.2 Å². The van der Waals surface area contributed by atoms with Crippen molar-refractivity contribution in [3.63, 3.8) is 0 Å². The van der Waals surface area contributed by atoms with E-state index in [9.17, 15) is 0 Å². The fourth-order valence-electron chi connectivity index (χ4n) is 0.553. The van der Waals surface area contributed by atoms with E-state index in [0.29, 0.717) is 0 Å². The van der Waals surface area contributed by atoms with Crippen molar-refractivity contribution in [1.29, 1.82) is 0 Å². The molecular weight excluding hydrogens is 179 g/mol. The molecule has 0 bridgehead atoms. The molecule has 0 aromatic rings. The fourth-order valence-corrected chi connectivity index (χ4v) is 1.66. The highest BCUT2D eigenvalue weighted by Gasteiger charge is 1.84. The Bertz CT molecular complexity index is 27.7. The minimum atomic E-state index is 0. The maximum atomic E-state index is 2.27. The smallest absolute Gasteiger partial charge is 0.114 e. The Morgan fingerprint density at radius 1 is 1.00 bits per heavy atom. The van der Waals surface area contributed by atoms with Crippen LogP contribution in [0.1, 0.15) is 26.7 Å². The summed E-state index contributed by atoms with van der Waals surface area (Å²) in [4.78, 5) is 0. The molecule has 0 unspecified atom stereocenters. The third-order valence-corrected chi connectivity index (χ3v) is 2.96. The lowest BCUT2D eigenvalue weighted by Gasteiger charge is -1.87. The van der Waals surface area contributed by atoms with Crippen LogP contribution in [0.15, 0.2) is 0 Å². The molecule has 0 saturated heterocycles. The minimum Gasteiger partial charge on any atom is -0.114 e. The Hall–Kier alpha value is 1.01. The predicted molar refractivity (Wildman–Crippen MR) is 46.3 cm³/mol. The summed E-state index contributed by atoms with van der Waals surface area (Å²) in [5.74, 6) is 0. The molecule has 0 amide bonds. The van der Waals surface area contributed by atoms with Crippen LogP contribution in [-0.4, -0.2) is 15.2 Å². The number of hydrogen-bond donors (Lipinski definition) is 0. The summed E-state index contributed by atoms with van der Waals surface area (Å²) in [5.41, 5.74) is 0. The molecule has 0 aliphatic rings. The van der Waals surface area contributed by atoms with Gasteiger partial charge in [-0.15, -0.1) is 27.5 Å². The number of rotatable bonds is 4. The second-order valence-corrected chi connectivity index (χ2v) is 3.60. The standard InChI is InChI=1S/2C3H7.Al.BrH/c2*1-3-2;;/h2*1,3H2,2H3;;1H. The Kier molecular flexibility index (Phi) is 16.0. The summed E-state index contributed by atoms with van der Waals surface area (Å²) in [6.45, 7) is 4.53. The van der Waals surface area contributed by atoms with Gasteiger partial charge in [0.25, 0.3) is 0 Å². The van der Waals surface area contributed by atoms with Crippen LogP contribution < -0.4 is 0 Å². The molecule has 0 heterocycles. The first kappa shape index (κ1) is 11.8. The van der Waals surface area contributed by atoms with Crippen molar-refractivity contribution in [3.8, 4) is 0 Å². The van der Waals surface area contributed by atoms with Gasteiger partial charge in [-0.3, -0.25) is 0 Å². The normalized spacial score (nSPS) is 7.75. The quantitative estimate of drug-likeness (QED) is 0.476. The van der Waals surface area contributed by atoms with Gasteiger partial charge in [0.05, 0.1) is 0 Å². The van der Waals surface area contributed by atoms with Crippen molar-refractivity contribution in [2.45, 2.75) is 37.3 Å². The Balaban J connectivity index is 0. The molecule has 0 fully saturated rings. The second kappa shape index (κ2) is 10.9. The van der Waals surface area contributed by atoms with E-state index in [2.05, 4.69) is 13.8 Å². The lowest BCUT2D eigenvalue weighted by Crippen LogP contribution is -1.84. The van der Waals surface area contributed by atoms with Crippen LogP contribution in [0.25, 0.3) is 0 Å². The Labute approximate surface area is 69.5 Å². The SMILES string of the molecule is Br.CC[CH2][Al][CH2]CC.